The molecule has 0 aromatic heterocycles. The van der Waals surface area contributed by atoms with Crippen LogP contribution < -0.4 is 5.32 Å². The number of halogens is 3. The molecule has 0 aliphatic carbocycles. The molecule has 1 N–H and O–H groups in total. The van der Waals surface area contributed by atoms with Gasteiger partial charge in [-0.15, -0.1) is 0 Å². The highest BCUT2D eigenvalue weighted by Gasteiger charge is 2.28. The number of carbonyl (C=O) groups excluding carboxylic acids is 1. The van der Waals surface area contributed by atoms with Crippen LogP contribution in [0.15, 0.2) is 84.3 Å². The number of likely N-dealkylation sites (N-methyl/N-ethyl adjacent to an activating group) is 1. The highest BCUT2D eigenvalue weighted by Crippen LogP contribution is 2.23. The molecule has 0 spiro atoms. The lowest BCUT2D eigenvalue weighted by atomic mass is 9.98. The van der Waals surface area contributed by atoms with E-state index >= 15 is 0 Å². The van der Waals surface area contributed by atoms with Gasteiger partial charge in [0.05, 0.1) is 6.42 Å². The van der Waals surface area contributed by atoms with Crippen LogP contribution in [-0.2, 0) is 4.79 Å². The second-order valence-corrected chi connectivity index (χ2v) is 8.63. The summed E-state index contributed by atoms with van der Waals surface area (Å²) in [5, 5.41) is 3.15. The van der Waals surface area contributed by atoms with Gasteiger partial charge in [0, 0.05) is 44.5 Å². The molecule has 0 unspecified atom stereocenters. The minimum Gasteiger partial charge on any atom is -0.392 e. The average Bonchev–Trinajstić information content (AvgIpc) is 2.86. The molecule has 4 nitrogen and oxygen atoms in total. The Morgan fingerprint density at radius 1 is 1.17 bits per heavy atom. The average molecular weight is 508 g/mol. The molecule has 0 radical (unpaired) electrons. The second-order valence-electron chi connectivity index (χ2n) is 8.63. The van der Waals surface area contributed by atoms with Crippen molar-refractivity contribution in [3.05, 3.63) is 84.3 Å². The van der Waals surface area contributed by atoms with E-state index in [1.54, 1.807) is 11.0 Å². The summed E-state index contributed by atoms with van der Waals surface area (Å²) in [6, 6.07) is 0. The van der Waals surface area contributed by atoms with E-state index in [0.717, 1.165) is 40.9 Å². The van der Waals surface area contributed by atoms with Crippen LogP contribution in [0, 0.1) is 5.92 Å². The lowest BCUT2D eigenvalue weighted by Gasteiger charge is -2.29. The molecule has 0 saturated carbocycles. The summed E-state index contributed by atoms with van der Waals surface area (Å²) in [4.78, 5) is 14.3. The van der Waals surface area contributed by atoms with Crippen molar-refractivity contribution in [3.63, 3.8) is 0 Å². The van der Waals surface area contributed by atoms with Gasteiger partial charge in [-0.3, -0.25) is 0 Å². The number of rotatable bonds is 12. The van der Waals surface area contributed by atoms with Gasteiger partial charge in [-0.25, -0.2) is 0 Å². The van der Waals surface area contributed by atoms with Gasteiger partial charge in [0.25, 0.3) is 0 Å². The van der Waals surface area contributed by atoms with E-state index in [-0.39, 0.29) is 12.5 Å². The third kappa shape index (κ3) is 13.3. The molecule has 0 bridgehead atoms. The van der Waals surface area contributed by atoms with E-state index in [9.17, 15) is 18.0 Å². The Morgan fingerprint density at radius 2 is 1.78 bits per heavy atom. The standard InChI is InChI=1S/C20H30N2.C9H14F3NO/c1-9-13-20(22(8)12-4)16(5)14-19(15-17(6)21-7)18(10-2)11-3;10-9(11,12)3-6-13-4-1-8(7-14)2-5-13/h9-11,13-15,21H,1-2,5,12H2,3-4,6-8H3;7-8H,1-6H2/b17-15+,18-11-,19-14-,20-13-;. The van der Waals surface area contributed by atoms with Gasteiger partial charge >= 0.3 is 6.18 Å². The number of aldehydes is 1. The van der Waals surface area contributed by atoms with E-state index in [0.29, 0.717) is 25.9 Å². The third-order valence-corrected chi connectivity index (χ3v) is 5.99. The van der Waals surface area contributed by atoms with Crippen LogP contribution in [0.1, 0.15) is 40.0 Å². The van der Waals surface area contributed by atoms with Gasteiger partial charge in [0.2, 0.25) is 0 Å². The van der Waals surface area contributed by atoms with Crippen molar-refractivity contribution in [1.29, 1.82) is 0 Å². The van der Waals surface area contributed by atoms with Gasteiger partial charge in [-0.2, -0.15) is 13.2 Å². The minimum absolute atomic E-state index is 0.0529. The molecule has 1 aliphatic heterocycles. The zero-order chi connectivity index (χ0) is 27.7. The largest absolute Gasteiger partial charge is 0.392 e. The highest BCUT2D eigenvalue weighted by molar-refractivity contribution is 5.54. The van der Waals surface area contributed by atoms with Gasteiger partial charge < -0.3 is 19.9 Å². The van der Waals surface area contributed by atoms with Crippen molar-refractivity contribution >= 4 is 6.29 Å². The first kappa shape index (κ1) is 33.2. The Balaban J connectivity index is 0.000000748. The number of hydrogen-bond donors (Lipinski definition) is 1. The van der Waals surface area contributed by atoms with Gasteiger partial charge in [-0.05, 0) is 81.6 Å². The van der Waals surface area contributed by atoms with Crippen LogP contribution in [0.3, 0.4) is 0 Å². The lowest BCUT2D eigenvalue weighted by molar-refractivity contribution is -0.139. The number of hydrogen-bond acceptors (Lipinski definition) is 4. The molecule has 0 aromatic rings. The van der Waals surface area contributed by atoms with Gasteiger partial charge in [0.15, 0.2) is 0 Å². The molecule has 1 fully saturated rings. The Kier molecular flexibility index (Phi) is 16.2. The maximum atomic E-state index is 11.9. The SMILES string of the molecule is C=C/C=C(/C(=C)/C=C(/C=C(\C)NC)C(\C=C)=C/C)N(C)CC.O=CC1CCN(CCC(F)(F)F)CC1. The van der Waals surface area contributed by atoms with E-state index in [2.05, 4.69) is 49.0 Å². The zero-order valence-electron chi connectivity index (χ0n) is 22.6. The number of nitrogens with zero attached hydrogens (tertiary/aromatic N) is 2. The fraction of sp³-hybridized carbons (Fsp3) is 0.483. The Hall–Kier alpha value is -2.80. The topological polar surface area (TPSA) is 35.6 Å². The summed E-state index contributed by atoms with van der Waals surface area (Å²) >= 11 is 0. The Morgan fingerprint density at radius 3 is 2.19 bits per heavy atom. The molecule has 0 amide bonds. The van der Waals surface area contributed by atoms with Crippen LogP contribution in [0.5, 0.6) is 0 Å². The molecule has 1 saturated heterocycles. The summed E-state index contributed by atoms with van der Waals surface area (Å²) < 4.78 is 35.6. The lowest BCUT2D eigenvalue weighted by Crippen LogP contribution is -2.36. The first-order valence-electron chi connectivity index (χ1n) is 12.3. The van der Waals surface area contributed by atoms with Gasteiger partial charge in [0.1, 0.15) is 6.29 Å². The van der Waals surface area contributed by atoms with Crippen LogP contribution >= 0.6 is 0 Å². The summed E-state index contributed by atoms with van der Waals surface area (Å²) in [5.41, 5.74) is 5.24. The quantitative estimate of drug-likeness (QED) is 0.239. The minimum atomic E-state index is -4.07. The highest BCUT2D eigenvalue weighted by atomic mass is 19.4. The summed E-state index contributed by atoms with van der Waals surface area (Å²) in [5.74, 6) is 0.0529. The van der Waals surface area contributed by atoms with Crippen LogP contribution in [-0.4, -0.2) is 62.5 Å². The molecule has 202 valence electrons. The second kappa shape index (κ2) is 17.6. The number of carbonyl (C=O) groups is 1. The first-order chi connectivity index (χ1) is 17.0. The summed E-state index contributed by atoms with van der Waals surface area (Å²) in [7, 11) is 3.96. The monoisotopic (exact) mass is 507 g/mol. The van der Waals surface area contributed by atoms with E-state index in [4.69, 9.17) is 0 Å². The van der Waals surface area contributed by atoms with Crippen LogP contribution in [0.25, 0.3) is 0 Å². The first-order valence-corrected chi connectivity index (χ1v) is 12.3. The summed E-state index contributed by atoms with van der Waals surface area (Å²) in [6.07, 6.45) is 9.34. The molecule has 1 heterocycles. The molecule has 1 aliphatic rings. The van der Waals surface area contributed by atoms with E-state index < -0.39 is 12.6 Å². The van der Waals surface area contributed by atoms with Crippen molar-refractivity contribution in [1.82, 2.24) is 15.1 Å². The van der Waals surface area contributed by atoms with E-state index in [1.165, 1.54) is 0 Å². The van der Waals surface area contributed by atoms with Crippen molar-refractivity contribution in [2.75, 3.05) is 40.3 Å². The van der Waals surface area contributed by atoms with Crippen LogP contribution in [0.4, 0.5) is 13.2 Å². The maximum Gasteiger partial charge on any atom is 0.390 e. The Bertz CT molecular complexity index is 842. The van der Waals surface area contributed by atoms with Crippen molar-refractivity contribution in [2.45, 2.75) is 46.2 Å². The maximum absolute atomic E-state index is 11.9. The number of nitrogens with one attached hydrogen (secondary N) is 1. The molecule has 7 heteroatoms. The number of allylic oxidation sites excluding steroid dienone is 9. The molecular weight excluding hydrogens is 463 g/mol. The predicted molar refractivity (Wildman–Crippen MR) is 146 cm³/mol. The third-order valence-electron chi connectivity index (χ3n) is 5.99. The van der Waals surface area contributed by atoms with Gasteiger partial charge in [-0.1, -0.05) is 38.0 Å². The van der Waals surface area contributed by atoms with Crippen LogP contribution in [0.2, 0.25) is 0 Å². The molecule has 0 atom stereocenters. The van der Waals surface area contributed by atoms with E-state index in [1.807, 2.05) is 46.2 Å². The number of piperidine rings is 1. The zero-order valence-corrected chi connectivity index (χ0v) is 22.6. The predicted octanol–water partition coefficient (Wildman–Crippen LogP) is 6.60. The molecule has 0 aromatic carbocycles. The van der Waals surface area contributed by atoms with Crippen molar-refractivity contribution in [3.8, 4) is 0 Å². The smallest absolute Gasteiger partial charge is 0.390 e. The molecule has 36 heavy (non-hydrogen) atoms. The van der Waals surface area contributed by atoms with Crippen molar-refractivity contribution < 1.29 is 18.0 Å². The number of alkyl halides is 3. The molecule has 1 rings (SSSR count). The summed E-state index contributed by atoms with van der Waals surface area (Å²) in [6.45, 7) is 20.3. The normalized spacial score (nSPS) is 16.6. The number of likely N-dealkylation sites (tertiary alicyclic amines) is 1. The van der Waals surface area contributed by atoms with Crippen molar-refractivity contribution in [2.24, 2.45) is 5.92 Å². The molecular formula is C29H44F3N3O. The fourth-order valence-electron chi connectivity index (χ4n) is 3.54. The Labute approximate surface area is 216 Å². The fourth-order valence-corrected chi connectivity index (χ4v) is 3.54.